The summed E-state index contributed by atoms with van der Waals surface area (Å²) in [6.07, 6.45) is 1.06. The van der Waals surface area contributed by atoms with E-state index in [0.29, 0.717) is 6.04 Å². The van der Waals surface area contributed by atoms with E-state index >= 15 is 0 Å². The van der Waals surface area contributed by atoms with Crippen molar-refractivity contribution in [2.24, 2.45) is 0 Å². The molecule has 1 N–H and O–H groups in total. The van der Waals surface area contributed by atoms with Gasteiger partial charge in [0.2, 0.25) is 0 Å². The molecule has 1 rings (SSSR count). The number of ether oxygens (including phenoxy) is 1. The molecule has 0 aliphatic heterocycles. The van der Waals surface area contributed by atoms with Gasteiger partial charge >= 0.3 is 0 Å². The molecule has 14 heavy (non-hydrogen) atoms. The van der Waals surface area contributed by atoms with Crippen molar-refractivity contribution in [3.05, 3.63) is 21.7 Å². The van der Waals surface area contributed by atoms with Crippen molar-refractivity contribution in [2.45, 2.75) is 25.9 Å². The van der Waals surface area contributed by atoms with Crippen molar-refractivity contribution in [3.63, 3.8) is 0 Å². The first-order valence-electron chi connectivity index (χ1n) is 4.72. The van der Waals surface area contributed by atoms with Gasteiger partial charge in [-0.1, -0.05) is 6.92 Å². The molecule has 0 amide bonds. The van der Waals surface area contributed by atoms with Crippen molar-refractivity contribution in [2.75, 3.05) is 13.7 Å². The molecule has 1 aromatic rings. The lowest BCUT2D eigenvalue weighted by Crippen LogP contribution is -2.31. The van der Waals surface area contributed by atoms with Crippen LogP contribution in [0.4, 0.5) is 0 Å². The minimum absolute atomic E-state index is 0.405. The summed E-state index contributed by atoms with van der Waals surface area (Å²) in [7, 11) is 1.72. The summed E-state index contributed by atoms with van der Waals surface area (Å²) in [6, 6.07) is 4.37. The Morgan fingerprint density at radius 1 is 1.57 bits per heavy atom. The van der Waals surface area contributed by atoms with Crippen LogP contribution < -0.4 is 5.32 Å². The van der Waals surface area contributed by atoms with Crippen LogP contribution in [0.5, 0.6) is 0 Å². The summed E-state index contributed by atoms with van der Waals surface area (Å²) in [5.41, 5.74) is 0. The molecule has 0 aromatic carbocycles. The Balaban J connectivity index is 2.31. The number of hydrogen-bond acceptors (Lipinski definition) is 3. The molecule has 0 aliphatic carbocycles. The maximum absolute atomic E-state index is 5.44. The van der Waals surface area contributed by atoms with Crippen LogP contribution in [0.1, 0.15) is 19.1 Å². The highest BCUT2D eigenvalue weighted by Crippen LogP contribution is 2.10. The fourth-order valence-corrected chi connectivity index (χ4v) is 1.68. The predicted octanol–water partition coefficient (Wildman–Crippen LogP) is 2.40. The van der Waals surface area contributed by atoms with Gasteiger partial charge in [0, 0.05) is 13.2 Å². The van der Waals surface area contributed by atoms with Crippen LogP contribution >= 0.6 is 22.6 Å². The van der Waals surface area contributed by atoms with E-state index in [1.54, 1.807) is 7.11 Å². The average molecular weight is 309 g/mol. The van der Waals surface area contributed by atoms with E-state index in [4.69, 9.17) is 9.15 Å². The predicted molar refractivity (Wildman–Crippen MR) is 64.2 cm³/mol. The van der Waals surface area contributed by atoms with E-state index in [1.807, 2.05) is 12.1 Å². The van der Waals surface area contributed by atoms with Gasteiger partial charge in [0.1, 0.15) is 5.76 Å². The quantitative estimate of drug-likeness (QED) is 0.820. The zero-order valence-electron chi connectivity index (χ0n) is 8.55. The highest BCUT2D eigenvalue weighted by Gasteiger charge is 2.06. The standard InChI is InChI=1S/C10H16INO2/c1-3-8(7-13-2)12-6-9-4-5-10(11)14-9/h4-5,8,12H,3,6-7H2,1-2H3. The fraction of sp³-hybridized carbons (Fsp3) is 0.600. The van der Waals surface area contributed by atoms with E-state index in [2.05, 4.69) is 34.8 Å². The number of furan rings is 1. The molecule has 80 valence electrons. The van der Waals surface area contributed by atoms with Gasteiger partial charge in [-0.3, -0.25) is 0 Å². The number of hydrogen-bond donors (Lipinski definition) is 1. The number of halogens is 1. The van der Waals surface area contributed by atoms with Crippen molar-refractivity contribution in [1.82, 2.24) is 5.32 Å². The minimum Gasteiger partial charge on any atom is -0.454 e. The monoisotopic (exact) mass is 309 g/mol. The first-order chi connectivity index (χ1) is 6.76. The first kappa shape index (κ1) is 12.0. The van der Waals surface area contributed by atoms with Crippen LogP contribution in [0.15, 0.2) is 16.5 Å². The Morgan fingerprint density at radius 3 is 2.86 bits per heavy atom. The van der Waals surface area contributed by atoms with E-state index in [1.165, 1.54) is 0 Å². The number of nitrogens with one attached hydrogen (secondary N) is 1. The third kappa shape index (κ3) is 3.98. The Bertz CT molecular complexity index is 262. The van der Waals surface area contributed by atoms with Crippen LogP contribution in [0.25, 0.3) is 0 Å². The van der Waals surface area contributed by atoms with E-state index < -0.39 is 0 Å². The minimum atomic E-state index is 0.405. The smallest absolute Gasteiger partial charge is 0.164 e. The van der Waals surface area contributed by atoms with Crippen LogP contribution in [-0.4, -0.2) is 19.8 Å². The zero-order chi connectivity index (χ0) is 10.4. The van der Waals surface area contributed by atoms with E-state index in [-0.39, 0.29) is 0 Å². The normalized spacial score (nSPS) is 13.1. The Morgan fingerprint density at radius 2 is 2.36 bits per heavy atom. The topological polar surface area (TPSA) is 34.4 Å². The molecule has 0 aliphatic rings. The van der Waals surface area contributed by atoms with E-state index in [9.17, 15) is 0 Å². The summed E-state index contributed by atoms with van der Waals surface area (Å²) in [5, 5.41) is 3.38. The Kier molecular flexibility index (Phi) is 5.50. The largest absolute Gasteiger partial charge is 0.454 e. The van der Waals surface area contributed by atoms with Gasteiger partial charge in [-0.25, -0.2) is 0 Å². The summed E-state index contributed by atoms with van der Waals surface area (Å²) in [5.74, 6) is 0.976. The molecule has 1 unspecified atom stereocenters. The van der Waals surface area contributed by atoms with Crippen LogP contribution in [0, 0.1) is 3.77 Å². The lowest BCUT2D eigenvalue weighted by Gasteiger charge is -2.14. The Hall–Kier alpha value is -0.0700. The van der Waals surface area contributed by atoms with Crippen molar-refractivity contribution in [1.29, 1.82) is 0 Å². The van der Waals surface area contributed by atoms with Crippen molar-refractivity contribution in [3.8, 4) is 0 Å². The summed E-state index contributed by atoms with van der Waals surface area (Å²) in [6.45, 7) is 3.65. The van der Waals surface area contributed by atoms with Gasteiger partial charge < -0.3 is 14.5 Å². The maximum atomic E-state index is 5.44. The second-order valence-corrected chi connectivity index (χ2v) is 4.21. The molecule has 1 heterocycles. The number of methoxy groups -OCH3 is 1. The van der Waals surface area contributed by atoms with Crippen molar-refractivity contribution < 1.29 is 9.15 Å². The molecule has 0 saturated carbocycles. The average Bonchev–Trinajstić information content (AvgIpc) is 2.59. The Labute approximate surface area is 98.3 Å². The molecule has 0 spiro atoms. The third-order valence-electron chi connectivity index (χ3n) is 2.05. The third-order valence-corrected chi connectivity index (χ3v) is 2.63. The maximum Gasteiger partial charge on any atom is 0.164 e. The van der Waals surface area contributed by atoms with Gasteiger partial charge in [-0.15, -0.1) is 0 Å². The number of rotatable bonds is 6. The summed E-state index contributed by atoms with van der Waals surface area (Å²) < 4.78 is 11.5. The zero-order valence-corrected chi connectivity index (χ0v) is 10.7. The molecule has 1 aromatic heterocycles. The lowest BCUT2D eigenvalue weighted by atomic mass is 10.2. The fourth-order valence-electron chi connectivity index (χ4n) is 1.21. The molecular weight excluding hydrogens is 293 g/mol. The SMILES string of the molecule is CCC(COC)NCc1ccc(I)o1. The highest BCUT2D eigenvalue weighted by molar-refractivity contribution is 14.1. The molecule has 0 bridgehead atoms. The van der Waals surface area contributed by atoms with Crippen LogP contribution in [0.3, 0.4) is 0 Å². The molecule has 0 radical (unpaired) electrons. The van der Waals surface area contributed by atoms with Gasteiger partial charge in [0.25, 0.3) is 0 Å². The second-order valence-electron chi connectivity index (χ2n) is 3.15. The first-order valence-corrected chi connectivity index (χ1v) is 5.80. The van der Waals surface area contributed by atoms with Gasteiger partial charge in [-0.2, -0.15) is 0 Å². The van der Waals surface area contributed by atoms with Crippen LogP contribution in [0.2, 0.25) is 0 Å². The molecule has 0 saturated heterocycles. The van der Waals surface area contributed by atoms with Gasteiger partial charge in [0.05, 0.1) is 13.2 Å². The summed E-state index contributed by atoms with van der Waals surface area (Å²) >= 11 is 2.16. The van der Waals surface area contributed by atoms with Gasteiger partial charge in [0.15, 0.2) is 3.77 Å². The molecule has 1 atom stereocenters. The van der Waals surface area contributed by atoms with Gasteiger partial charge in [-0.05, 0) is 41.1 Å². The second kappa shape index (κ2) is 6.42. The van der Waals surface area contributed by atoms with Crippen LogP contribution in [-0.2, 0) is 11.3 Å². The van der Waals surface area contributed by atoms with E-state index in [0.717, 1.165) is 29.1 Å². The lowest BCUT2D eigenvalue weighted by molar-refractivity contribution is 0.162. The molecular formula is C10H16INO2. The molecule has 0 fully saturated rings. The summed E-state index contributed by atoms with van der Waals surface area (Å²) in [4.78, 5) is 0. The molecule has 3 nitrogen and oxygen atoms in total. The highest BCUT2D eigenvalue weighted by atomic mass is 127. The molecule has 4 heteroatoms. The van der Waals surface area contributed by atoms with Crippen molar-refractivity contribution >= 4 is 22.6 Å².